The number of phosphoric acid groups is 1. The fourth-order valence-electron chi connectivity index (χ4n) is 10.0. The Morgan fingerprint density at radius 2 is 0.705 bits per heavy atom. The largest absolute Gasteiger partial charge is 0.472 e. The summed E-state index contributed by atoms with van der Waals surface area (Å²) in [6, 6.07) is 0. The molecule has 0 rings (SSSR count). The number of unbranched alkanes of at least 4 members (excludes halogenated alkanes) is 43. The Labute approximate surface area is 483 Å². The molecule has 3 N–H and O–H groups in total. The Morgan fingerprint density at radius 3 is 1.05 bits per heavy atom. The molecule has 0 aliphatic carbocycles. The lowest BCUT2D eigenvalue weighted by atomic mass is 10.0. The number of rotatable bonds is 64. The molecule has 0 aliphatic heterocycles. The second-order valence-electron chi connectivity index (χ2n) is 22.7. The summed E-state index contributed by atoms with van der Waals surface area (Å²) in [5.74, 6) is -0.810. The molecule has 0 radical (unpaired) electrons. The SMILES string of the molecule is CC/C=C\C/C=C\C/C=C\C/C=C\CCCCCCCCCCCCCCCCC(=O)OC(COC(=O)CCCCCCCCCCCCCCCCCCCCCCCCCCCCCCCC)COP(=O)(O)OCCN. The van der Waals surface area contributed by atoms with Gasteiger partial charge in [0, 0.05) is 19.4 Å². The van der Waals surface area contributed by atoms with Crippen molar-refractivity contribution in [2.75, 3.05) is 26.4 Å². The second kappa shape index (κ2) is 64.1. The van der Waals surface area contributed by atoms with Crippen molar-refractivity contribution < 1.29 is 37.6 Å². The summed E-state index contributed by atoms with van der Waals surface area (Å²) in [5.41, 5.74) is 5.40. The molecule has 78 heavy (non-hydrogen) atoms. The summed E-state index contributed by atoms with van der Waals surface area (Å²) >= 11 is 0. The molecule has 0 aromatic heterocycles. The van der Waals surface area contributed by atoms with Gasteiger partial charge < -0.3 is 20.1 Å². The molecule has 0 saturated heterocycles. The first-order chi connectivity index (χ1) is 38.3. The minimum atomic E-state index is -4.39. The standard InChI is InChI=1S/C68H128NO8P/c1-3-5-7-9-11-13-15-17-19-21-23-25-27-29-31-32-33-35-36-38-40-42-44-46-48-50-52-54-56-58-60-67(70)74-64-66(65-76-78(72,73)75-63-62-69)77-68(71)61-59-57-55-53-51-49-47-45-43-41-39-37-34-30-28-26-24-22-20-18-16-14-12-10-8-6-4-2/h6,8,12,14,18,20,24,26,66H,3-5,7,9-11,13,15-17,19,21-23,25,27-65,69H2,1-2H3,(H,72,73)/b8-6-,14-12-,20-18-,26-24-. The number of phosphoric ester groups is 1. The first-order valence-corrected chi connectivity index (χ1v) is 35.1. The number of carbonyl (C=O) groups is 2. The van der Waals surface area contributed by atoms with Crippen molar-refractivity contribution in [1.29, 1.82) is 0 Å². The van der Waals surface area contributed by atoms with E-state index in [1.54, 1.807) is 0 Å². The van der Waals surface area contributed by atoms with Crippen LogP contribution in [0.2, 0.25) is 0 Å². The normalized spacial score (nSPS) is 13.2. The summed E-state index contributed by atoms with van der Waals surface area (Å²) < 4.78 is 33.2. The number of hydrogen-bond acceptors (Lipinski definition) is 8. The Hall–Kier alpha value is -2.03. The van der Waals surface area contributed by atoms with Crippen LogP contribution in [0.1, 0.15) is 341 Å². The molecule has 0 saturated carbocycles. The summed E-state index contributed by atoms with van der Waals surface area (Å²) in [4.78, 5) is 35.3. The van der Waals surface area contributed by atoms with Crippen LogP contribution in [0.25, 0.3) is 0 Å². The zero-order valence-corrected chi connectivity index (χ0v) is 52.3. The zero-order chi connectivity index (χ0) is 56.6. The van der Waals surface area contributed by atoms with E-state index in [2.05, 4.69) is 62.5 Å². The molecule has 9 nitrogen and oxygen atoms in total. The van der Waals surface area contributed by atoms with Crippen molar-refractivity contribution in [3.05, 3.63) is 48.6 Å². The maximum Gasteiger partial charge on any atom is 0.472 e. The highest BCUT2D eigenvalue weighted by molar-refractivity contribution is 7.47. The van der Waals surface area contributed by atoms with E-state index >= 15 is 0 Å². The highest BCUT2D eigenvalue weighted by atomic mass is 31.2. The maximum absolute atomic E-state index is 12.7. The van der Waals surface area contributed by atoms with Gasteiger partial charge in [0.05, 0.1) is 13.2 Å². The van der Waals surface area contributed by atoms with Crippen LogP contribution in [-0.4, -0.2) is 49.3 Å². The van der Waals surface area contributed by atoms with Gasteiger partial charge in [0.25, 0.3) is 0 Å². The van der Waals surface area contributed by atoms with Crippen molar-refractivity contribution >= 4 is 19.8 Å². The number of allylic oxidation sites excluding steroid dienone is 8. The molecule has 2 atom stereocenters. The van der Waals surface area contributed by atoms with Crippen LogP contribution >= 0.6 is 7.82 Å². The Balaban J connectivity index is 3.85. The molecular formula is C68H128NO8P. The van der Waals surface area contributed by atoms with Crippen molar-refractivity contribution in [1.82, 2.24) is 0 Å². The molecule has 0 heterocycles. The first-order valence-electron chi connectivity index (χ1n) is 33.6. The molecular weight excluding hydrogens is 990 g/mol. The third kappa shape index (κ3) is 63.2. The Kier molecular flexibility index (Phi) is 62.5. The predicted octanol–water partition coefficient (Wildman–Crippen LogP) is 21.7. The van der Waals surface area contributed by atoms with E-state index in [9.17, 15) is 19.0 Å². The number of nitrogens with two attached hydrogens (primary N) is 1. The van der Waals surface area contributed by atoms with Gasteiger partial charge in [-0.15, -0.1) is 0 Å². The second-order valence-corrected chi connectivity index (χ2v) is 24.1. The van der Waals surface area contributed by atoms with Gasteiger partial charge in [-0.1, -0.05) is 326 Å². The monoisotopic (exact) mass is 1120 g/mol. The molecule has 0 fully saturated rings. The highest BCUT2D eigenvalue weighted by Gasteiger charge is 2.26. The molecule has 0 bridgehead atoms. The van der Waals surface area contributed by atoms with E-state index < -0.39 is 26.5 Å². The van der Waals surface area contributed by atoms with Gasteiger partial charge >= 0.3 is 19.8 Å². The summed E-state index contributed by atoms with van der Waals surface area (Å²) in [6.07, 6.45) is 80.6. The third-order valence-corrected chi connectivity index (χ3v) is 16.0. The zero-order valence-electron chi connectivity index (χ0n) is 51.4. The molecule has 10 heteroatoms. The minimum Gasteiger partial charge on any atom is -0.462 e. The summed E-state index contributed by atoms with van der Waals surface area (Å²) in [7, 11) is -4.39. The van der Waals surface area contributed by atoms with Crippen LogP contribution in [0.15, 0.2) is 48.6 Å². The van der Waals surface area contributed by atoms with Crippen molar-refractivity contribution in [2.24, 2.45) is 5.73 Å². The van der Waals surface area contributed by atoms with E-state index in [1.165, 1.54) is 244 Å². The number of esters is 2. The quantitative estimate of drug-likeness (QED) is 0.0264. The lowest BCUT2D eigenvalue weighted by Crippen LogP contribution is -2.29. The number of hydrogen-bond donors (Lipinski definition) is 2. The minimum absolute atomic E-state index is 0.0545. The Bertz CT molecular complexity index is 1420. The predicted molar refractivity (Wildman–Crippen MR) is 335 cm³/mol. The van der Waals surface area contributed by atoms with Gasteiger partial charge in [0.1, 0.15) is 6.61 Å². The Morgan fingerprint density at radius 1 is 0.397 bits per heavy atom. The average Bonchev–Trinajstić information content (AvgIpc) is 3.43. The van der Waals surface area contributed by atoms with Crippen LogP contribution in [0, 0.1) is 0 Å². The van der Waals surface area contributed by atoms with Crippen molar-refractivity contribution in [3.8, 4) is 0 Å². The van der Waals surface area contributed by atoms with Crippen LogP contribution < -0.4 is 5.73 Å². The smallest absolute Gasteiger partial charge is 0.462 e. The topological polar surface area (TPSA) is 134 Å². The third-order valence-electron chi connectivity index (χ3n) is 15.0. The number of carbonyl (C=O) groups excluding carboxylic acids is 2. The van der Waals surface area contributed by atoms with E-state index in [4.69, 9.17) is 24.3 Å². The van der Waals surface area contributed by atoms with E-state index in [-0.39, 0.29) is 38.6 Å². The molecule has 0 aromatic carbocycles. The van der Waals surface area contributed by atoms with Gasteiger partial charge in [0.15, 0.2) is 6.10 Å². The van der Waals surface area contributed by atoms with E-state index in [1.807, 2.05) is 0 Å². The van der Waals surface area contributed by atoms with Gasteiger partial charge in [-0.05, 0) is 51.4 Å². The summed E-state index contributed by atoms with van der Waals surface area (Å²) in [5, 5.41) is 0. The molecule has 0 aliphatic rings. The fraction of sp³-hybridized carbons (Fsp3) is 0.853. The van der Waals surface area contributed by atoms with Crippen LogP contribution in [0.5, 0.6) is 0 Å². The van der Waals surface area contributed by atoms with Gasteiger partial charge in [-0.25, -0.2) is 4.57 Å². The van der Waals surface area contributed by atoms with Crippen LogP contribution in [0.3, 0.4) is 0 Å². The van der Waals surface area contributed by atoms with Gasteiger partial charge in [0.2, 0.25) is 0 Å². The average molecular weight is 1120 g/mol. The first kappa shape index (κ1) is 76.0. The molecule has 0 spiro atoms. The van der Waals surface area contributed by atoms with Gasteiger partial charge in [-0.3, -0.25) is 18.6 Å². The van der Waals surface area contributed by atoms with Crippen LogP contribution in [0.4, 0.5) is 0 Å². The summed E-state index contributed by atoms with van der Waals surface area (Å²) in [6.45, 7) is 3.70. The highest BCUT2D eigenvalue weighted by Crippen LogP contribution is 2.43. The van der Waals surface area contributed by atoms with Crippen molar-refractivity contribution in [2.45, 2.75) is 347 Å². The number of ether oxygens (including phenoxy) is 2. The van der Waals surface area contributed by atoms with Crippen molar-refractivity contribution in [3.63, 3.8) is 0 Å². The maximum atomic E-state index is 12.7. The lowest BCUT2D eigenvalue weighted by molar-refractivity contribution is -0.161. The van der Waals surface area contributed by atoms with Gasteiger partial charge in [-0.2, -0.15) is 0 Å². The van der Waals surface area contributed by atoms with E-state index in [0.29, 0.717) is 6.42 Å². The molecule has 458 valence electrons. The fourth-order valence-corrected chi connectivity index (χ4v) is 10.8. The molecule has 0 amide bonds. The van der Waals surface area contributed by atoms with Crippen LogP contribution in [-0.2, 0) is 32.7 Å². The molecule has 0 aromatic rings. The molecule has 2 unspecified atom stereocenters. The van der Waals surface area contributed by atoms with E-state index in [0.717, 1.165) is 64.2 Å². The lowest BCUT2D eigenvalue weighted by Gasteiger charge is -2.19.